The largest absolute Gasteiger partial charge is 0.444 e. The number of hydrogen-bond acceptors (Lipinski definition) is 5. The molecule has 33 heavy (non-hydrogen) atoms. The molecule has 0 aliphatic carbocycles. The van der Waals surface area contributed by atoms with Crippen LogP contribution in [0, 0.1) is 0 Å². The van der Waals surface area contributed by atoms with E-state index in [0.717, 1.165) is 24.8 Å². The zero-order valence-electron chi connectivity index (χ0n) is 20.9. The Bertz CT molecular complexity index is 758. The molecule has 0 heterocycles. The van der Waals surface area contributed by atoms with Crippen molar-refractivity contribution in [3.63, 3.8) is 0 Å². The van der Waals surface area contributed by atoms with Gasteiger partial charge in [-0.05, 0) is 51.2 Å². The molecule has 2 unspecified atom stereocenters. The summed E-state index contributed by atoms with van der Waals surface area (Å²) in [6.45, 7) is 11.3. The van der Waals surface area contributed by atoms with Crippen molar-refractivity contribution in [2.45, 2.75) is 84.9 Å². The summed E-state index contributed by atoms with van der Waals surface area (Å²) in [4.78, 5) is 40.4. The highest BCUT2D eigenvalue weighted by Crippen LogP contribution is 2.24. The summed E-state index contributed by atoms with van der Waals surface area (Å²) in [5, 5.41) is 15.2. The number of ether oxygens (including phenoxy) is 1. The summed E-state index contributed by atoms with van der Waals surface area (Å²) in [5.41, 5.74) is 1.05. The molecule has 0 spiro atoms. The summed E-state index contributed by atoms with van der Waals surface area (Å²) >= 11 is 0. The van der Waals surface area contributed by atoms with E-state index in [9.17, 15) is 19.5 Å². The lowest BCUT2D eigenvalue weighted by atomic mass is 10.0. The van der Waals surface area contributed by atoms with Gasteiger partial charge < -0.3 is 25.4 Å². The number of aliphatic hydroxyl groups excluding tert-OH is 1. The molecule has 1 aromatic carbocycles. The van der Waals surface area contributed by atoms with Crippen molar-refractivity contribution in [1.29, 1.82) is 0 Å². The van der Waals surface area contributed by atoms with Gasteiger partial charge in [-0.1, -0.05) is 51.5 Å². The third-order valence-corrected chi connectivity index (χ3v) is 5.01. The van der Waals surface area contributed by atoms with Crippen LogP contribution in [0.2, 0.25) is 0 Å². The Morgan fingerprint density at radius 2 is 1.70 bits per heavy atom. The first-order chi connectivity index (χ1) is 15.6. The van der Waals surface area contributed by atoms with E-state index in [4.69, 9.17) is 4.74 Å². The van der Waals surface area contributed by atoms with Gasteiger partial charge in [-0.25, -0.2) is 4.79 Å². The number of unbranched alkanes of at least 4 members (excludes halogenated alkanes) is 1. The maximum atomic E-state index is 13.5. The van der Waals surface area contributed by atoms with Gasteiger partial charge in [0, 0.05) is 13.1 Å². The summed E-state index contributed by atoms with van der Waals surface area (Å²) < 4.78 is 5.23. The Morgan fingerprint density at radius 1 is 1.06 bits per heavy atom. The van der Waals surface area contributed by atoms with E-state index in [0.29, 0.717) is 18.5 Å². The molecule has 0 bridgehead atoms. The van der Waals surface area contributed by atoms with Gasteiger partial charge in [0.2, 0.25) is 11.8 Å². The van der Waals surface area contributed by atoms with Gasteiger partial charge >= 0.3 is 6.09 Å². The van der Waals surface area contributed by atoms with Gasteiger partial charge in [0.1, 0.15) is 17.7 Å². The Balaban J connectivity index is 3.26. The van der Waals surface area contributed by atoms with Crippen LogP contribution in [0.4, 0.5) is 4.79 Å². The molecule has 0 aromatic heterocycles. The molecule has 186 valence electrons. The predicted octanol–water partition coefficient (Wildman–Crippen LogP) is 3.33. The number of hydrogen-bond donors (Lipinski definition) is 3. The van der Waals surface area contributed by atoms with Crippen molar-refractivity contribution in [2.75, 3.05) is 19.7 Å². The number of carbonyl (C=O) groups is 3. The van der Waals surface area contributed by atoms with Crippen molar-refractivity contribution < 1.29 is 24.2 Å². The molecule has 3 amide bonds. The maximum Gasteiger partial charge on any atom is 0.408 e. The Labute approximate surface area is 198 Å². The number of aryl methyl sites for hydroxylation is 1. The number of rotatable bonds is 12. The molecule has 0 fully saturated rings. The highest BCUT2D eigenvalue weighted by molar-refractivity contribution is 5.92. The van der Waals surface area contributed by atoms with E-state index >= 15 is 0 Å². The van der Waals surface area contributed by atoms with Crippen LogP contribution >= 0.6 is 0 Å². The molecular weight excluding hydrogens is 422 g/mol. The molecule has 0 aliphatic rings. The molecule has 0 radical (unpaired) electrons. The van der Waals surface area contributed by atoms with Crippen LogP contribution in [0.3, 0.4) is 0 Å². The zero-order valence-corrected chi connectivity index (χ0v) is 20.9. The average molecular weight is 464 g/mol. The minimum absolute atomic E-state index is 0.284. The highest BCUT2D eigenvalue weighted by Gasteiger charge is 2.35. The van der Waals surface area contributed by atoms with Gasteiger partial charge in [-0.15, -0.1) is 0 Å². The monoisotopic (exact) mass is 463 g/mol. The Morgan fingerprint density at radius 3 is 2.18 bits per heavy atom. The van der Waals surface area contributed by atoms with Crippen LogP contribution in [0.15, 0.2) is 24.3 Å². The topological polar surface area (TPSA) is 108 Å². The first-order valence-corrected chi connectivity index (χ1v) is 11.8. The maximum absolute atomic E-state index is 13.5. The summed E-state index contributed by atoms with van der Waals surface area (Å²) in [7, 11) is 0. The smallest absolute Gasteiger partial charge is 0.408 e. The first kappa shape index (κ1) is 28.4. The second-order valence-corrected chi connectivity index (χ2v) is 9.06. The van der Waals surface area contributed by atoms with Crippen molar-refractivity contribution in [1.82, 2.24) is 15.5 Å². The zero-order chi connectivity index (χ0) is 25.0. The van der Waals surface area contributed by atoms with Crippen molar-refractivity contribution >= 4 is 17.9 Å². The van der Waals surface area contributed by atoms with E-state index in [2.05, 4.69) is 10.6 Å². The number of nitrogens with one attached hydrogen (secondary N) is 2. The average Bonchev–Trinajstić information content (AvgIpc) is 2.76. The minimum atomic E-state index is -1.23. The van der Waals surface area contributed by atoms with E-state index < -0.39 is 36.3 Å². The molecule has 0 aliphatic heterocycles. The van der Waals surface area contributed by atoms with Crippen LogP contribution in [0.25, 0.3) is 0 Å². The summed E-state index contributed by atoms with van der Waals surface area (Å²) in [6.07, 6.45) is 2.41. The van der Waals surface area contributed by atoms with Crippen LogP contribution in [0.5, 0.6) is 0 Å². The van der Waals surface area contributed by atoms with Crippen LogP contribution in [-0.2, 0) is 20.7 Å². The quantitative estimate of drug-likeness (QED) is 0.412. The number of nitrogens with zero attached hydrogens (tertiary/aromatic N) is 1. The number of aliphatic hydroxyl groups is 1. The van der Waals surface area contributed by atoms with Gasteiger partial charge in [0.15, 0.2) is 0 Å². The van der Waals surface area contributed by atoms with Gasteiger partial charge in [-0.2, -0.15) is 0 Å². The number of amides is 3. The molecule has 8 nitrogen and oxygen atoms in total. The molecule has 1 rings (SSSR count). The SMILES string of the molecule is CCCCNC(=O)C(c1ccc(CC)cc1)N(CCC)C(=O)C(CO)NC(=O)OC(C)(C)C. The number of alkyl carbamates (subject to hydrolysis) is 1. The fourth-order valence-electron chi connectivity index (χ4n) is 3.34. The van der Waals surface area contributed by atoms with Crippen molar-refractivity contribution in [3.05, 3.63) is 35.4 Å². The molecule has 1 aromatic rings. The molecular formula is C25H41N3O5. The standard InChI is InChI=1S/C25H41N3O5/c1-7-10-15-26-22(30)21(19-13-11-18(9-3)12-14-19)28(16-8-2)23(31)20(17-29)27-24(32)33-25(4,5)6/h11-14,20-21,29H,7-10,15-17H2,1-6H3,(H,26,30)(H,27,32). The minimum Gasteiger partial charge on any atom is -0.444 e. The third kappa shape index (κ3) is 9.42. The summed E-state index contributed by atoms with van der Waals surface area (Å²) in [6, 6.07) is 5.49. The molecule has 8 heteroatoms. The Kier molecular flexibility index (Phi) is 11.9. The van der Waals surface area contributed by atoms with Crippen molar-refractivity contribution in [3.8, 4) is 0 Å². The highest BCUT2D eigenvalue weighted by atomic mass is 16.6. The summed E-state index contributed by atoms with van der Waals surface area (Å²) in [5.74, 6) is -0.830. The number of benzene rings is 1. The van der Waals surface area contributed by atoms with Gasteiger partial charge in [-0.3, -0.25) is 9.59 Å². The van der Waals surface area contributed by atoms with Crippen LogP contribution in [-0.4, -0.2) is 59.3 Å². The molecule has 3 N–H and O–H groups in total. The Hall–Kier alpha value is -2.61. The lowest BCUT2D eigenvalue weighted by Gasteiger charge is -2.34. The first-order valence-electron chi connectivity index (χ1n) is 11.8. The van der Waals surface area contributed by atoms with E-state index in [1.54, 1.807) is 20.8 Å². The normalized spacial score (nSPS) is 13.1. The molecule has 0 saturated heterocycles. The van der Waals surface area contributed by atoms with E-state index in [1.807, 2.05) is 45.0 Å². The fourth-order valence-corrected chi connectivity index (χ4v) is 3.34. The third-order valence-electron chi connectivity index (χ3n) is 5.01. The number of carbonyl (C=O) groups excluding carboxylic acids is 3. The predicted molar refractivity (Wildman–Crippen MR) is 129 cm³/mol. The lowest BCUT2D eigenvalue weighted by molar-refractivity contribution is -0.143. The fraction of sp³-hybridized carbons (Fsp3) is 0.640. The van der Waals surface area contributed by atoms with E-state index in [-0.39, 0.29) is 12.5 Å². The van der Waals surface area contributed by atoms with Crippen molar-refractivity contribution in [2.24, 2.45) is 0 Å². The second kappa shape index (κ2) is 13.8. The molecule has 0 saturated carbocycles. The molecule has 2 atom stereocenters. The van der Waals surface area contributed by atoms with E-state index in [1.165, 1.54) is 4.90 Å². The second-order valence-electron chi connectivity index (χ2n) is 9.06. The lowest BCUT2D eigenvalue weighted by Crippen LogP contribution is -2.54. The van der Waals surface area contributed by atoms with Gasteiger partial charge in [0.25, 0.3) is 0 Å². The van der Waals surface area contributed by atoms with Crippen LogP contribution in [0.1, 0.15) is 78.0 Å². The van der Waals surface area contributed by atoms with Crippen LogP contribution < -0.4 is 10.6 Å². The van der Waals surface area contributed by atoms with Gasteiger partial charge in [0.05, 0.1) is 6.61 Å².